The van der Waals surface area contributed by atoms with Gasteiger partial charge in [0.05, 0.1) is 16.5 Å². The van der Waals surface area contributed by atoms with Crippen LogP contribution in [-0.4, -0.2) is 35.2 Å². The van der Waals surface area contributed by atoms with Gasteiger partial charge in [-0.2, -0.15) is 4.39 Å². The van der Waals surface area contributed by atoms with Gasteiger partial charge in [-0.15, -0.1) is 0 Å². The lowest BCUT2D eigenvalue weighted by Gasteiger charge is -2.21. The molecule has 2 aromatic carbocycles. The van der Waals surface area contributed by atoms with Gasteiger partial charge in [0.2, 0.25) is 17.6 Å². The number of nitro benzene ring substituents is 1. The Morgan fingerprint density at radius 2 is 2.11 bits per heavy atom. The fraction of sp³-hybridized carbons (Fsp3) is 0.263. The average molecular weight is 406 g/mol. The summed E-state index contributed by atoms with van der Waals surface area (Å²) in [6.45, 7) is 0.423. The molecule has 1 heterocycles. The summed E-state index contributed by atoms with van der Waals surface area (Å²) in [5.74, 6) is -2.11. The maximum Gasteiger partial charge on any atom is 0.306 e. The van der Waals surface area contributed by atoms with Gasteiger partial charge in [0.25, 0.3) is 0 Å². The predicted molar refractivity (Wildman–Crippen MR) is 101 cm³/mol. The van der Waals surface area contributed by atoms with E-state index >= 15 is 0 Å². The molecule has 2 amide bonds. The van der Waals surface area contributed by atoms with Gasteiger partial charge in [-0.05, 0) is 29.8 Å². The fourth-order valence-corrected chi connectivity index (χ4v) is 3.44. The number of nitrogens with zero attached hydrogens (tertiary/aromatic N) is 3. The van der Waals surface area contributed by atoms with Crippen LogP contribution in [0.25, 0.3) is 0 Å². The minimum Gasteiger partial charge on any atom is -0.341 e. The van der Waals surface area contributed by atoms with Gasteiger partial charge >= 0.3 is 5.69 Å². The second-order valence-corrected chi connectivity index (χ2v) is 7.06. The maximum absolute atomic E-state index is 13.5. The van der Waals surface area contributed by atoms with Crippen molar-refractivity contribution in [1.82, 2.24) is 4.90 Å². The molecule has 1 fully saturated rings. The molecule has 0 saturated carbocycles. The lowest BCUT2D eigenvalue weighted by Crippen LogP contribution is -2.34. The highest BCUT2D eigenvalue weighted by Gasteiger charge is 2.37. The highest BCUT2D eigenvalue weighted by Crippen LogP contribution is 2.30. The SMILES string of the molecule is CN(Cc1cccc(Cl)c1)C(=O)C1CC(=O)N(c2ccc(F)c([N+](=O)[O-])c2)C1. The van der Waals surface area contributed by atoms with Gasteiger partial charge < -0.3 is 9.80 Å². The molecule has 1 aliphatic heterocycles. The standard InChI is InChI=1S/C19H17ClFN3O4/c1-22(10-12-3-2-4-14(20)7-12)19(26)13-8-18(25)23(11-13)15-5-6-16(21)17(9-15)24(27)28/h2-7,9,13H,8,10-11H2,1H3. The number of rotatable bonds is 5. The van der Waals surface area contributed by atoms with Crippen molar-refractivity contribution in [2.75, 3.05) is 18.5 Å². The van der Waals surface area contributed by atoms with Crippen molar-refractivity contribution in [3.05, 3.63) is 69.0 Å². The van der Waals surface area contributed by atoms with Crippen molar-refractivity contribution in [2.45, 2.75) is 13.0 Å². The Bertz CT molecular complexity index is 953. The molecular weight excluding hydrogens is 389 g/mol. The van der Waals surface area contributed by atoms with Gasteiger partial charge in [-0.3, -0.25) is 19.7 Å². The lowest BCUT2D eigenvalue weighted by atomic mass is 10.1. The van der Waals surface area contributed by atoms with Crippen LogP contribution in [0.5, 0.6) is 0 Å². The van der Waals surface area contributed by atoms with Gasteiger partial charge in [0.1, 0.15) is 0 Å². The summed E-state index contributed by atoms with van der Waals surface area (Å²) >= 11 is 5.96. The molecule has 1 aliphatic rings. The summed E-state index contributed by atoms with van der Waals surface area (Å²) in [5, 5.41) is 11.5. The first-order chi connectivity index (χ1) is 13.3. The smallest absolute Gasteiger partial charge is 0.306 e. The zero-order valence-corrected chi connectivity index (χ0v) is 15.7. The summed E-state index contributed by atoms with van der Waals surface area (Å²) in [7, 11) is 1.64. The van der Waals surface area contributed by atoms with Gasteiger partial charge in [0, 0.05) is 37.6 Å². The Morgan fingerprint density at radius 1 is 1.36 bits per heavy atom. The third-order valence-electron chi connectivity index (χ3n) is 4.60. The van der Waals surface area contributed by atoms with Crippen molar-refractivity contribution in [3.8, 4) is 0 Å². The van der Waals surface area contributed by atoms with E-state index in [0.717, 1.165) is 17.7 Å². The Balaban J connectivity index is 1.72. The maximum atomic E-state index is 13.5. The zero-order chi connectivity index (χ0) is 20.4. The largest absolute Gasteiger partial charge is 0.341 e. The number of anilines is 1. The first kappa shape index (κ1) is 19.8. The normalized spacial score (nSPS) is 16.3. The van der Waals surface area contributed by atoms with E-state index in [0.29, 0.717) is 11.6 Å². The van der Waals surface area contributed by atoms with Crippen LogP contribution in [0.15, 0.2) is 42.5 Å². The molecule has 28 heavy (non-hydrogen) atoms. The van der Waals surface area contributed by atoms with Crippen LogP contribution in [0, 0.1) is 21.8 Å². The van der Waals surface area contributed by atoms with E-state index in [4.69, 9.17) is 11.6 Å². The van der Waals surface area contributed by atoms with E-state index in [2.05, 4.69) is 0 Å². The number of halogens is 2. The van der Waals surface area contributed by atoms with Gasteiger partial charge in [-0.1, -0.05) is 23.7 Å². The molecule has 9 heteroatoms. The Hall–Kier alpha value is -3.00. The molecule has 1 atom stereocenters. The molecule has 0 aromatic heterocycles. The topological polar surface area (TPSA) is 83.8 Å². The number of carbonyl (C=O) groups excluding carboxylic acids is 2. The minimum atomic E-state index is -0.978. The van der Waals surface area contributed by atoms with E-state index in [1.165, 1.54) is 15.9 Å². The Morgan fingerprint density at radius 3 is 2.79 bits per heavy atom. The van der Waals surface area contributed by atoms with Crippen molar-refractivity contribution < 1.29 is 18.9 Å². The van der Waals surface area contributed by atoms with E-state index in [-0.39, 0.29) is 30.5 Å². The van der Waals surface area contributed by atoms with Crippen LogP contribution in [0.4, 0.5) is 15.8 Å². The molecule has 0 radical (unpaired) electrons. The highest BCUT2D eigenvalue weighted by molar-refractivity contribution is 6.30. The van der Waals surface area contributed by atoms with Crippen LogP contribution >= 0.6 is 11.6 Å². The summed E-state index contributed by atoms with van der Waals surface area (Å²) in [6, 6.07) is 10.4. The van der Waals surface area contributed by atoms with Crippen LogP contribution < -0.4 is 4.90 Å². The summed E-state index contributed by atoms with van der Waals surface area (Å²) < 4.78 is 13.5. The summed E-state index contributed by atoms with van der Waals surface area (Å²) in [4.78, 5) is 38.0. The van der Waals surface area contributed by atoms with Crippen LogP contribution in [0.1, 0.15) is 12.0 Å². The monoisotopic (exact) mass is 405 g/mol. The summed E-state index contributed by atoms with van der Waals surface area (Å²) in [5.41, 5.74) is 0.350. The Labute approximate surface area is 165 Å². The van der Waals surface area contributed by atoms with Gasteiger partial charge in [0.15, 0.2) is 0 Å². The summed E-state index contributed by atoms with van der Waals surface area (Å²) in [6.07, 6.45) is -0.0100. The van der Waals surface area contributed by atoms with Gasteiger partial charge in [-0.25, -0.2) is 0 Å². The van der Waals surface area contributed by atoms with Crippen LogP contribution in [0.2, 0.25) is 5.02 Å². The van der Waals surface area contributed by atoms with E-state index in [9.17, 15) is 24.1 Å². The third kappa shape index (κ3) is 4.12. The van der Waals surface area contributed by atoms with Crippen LogP contribution in [-0.2, 0) is 16.1 Å². The quantitative estimate of drug-likeness (QED) is 0.563. The third-order valence-corrected chi connectivity index (χ3v) is 4.83. The number of nitro groups is 1. The molecule has 1 unspecified atom stereocenters. The lowest BCUT2D eigenvalue weighted by molar-refractivity contribution is -0.387. The molecule has 0 N–H and O–H groups in total. The molecule has 146 valence electrons. The molecule has 1 saturated heterocycles. The van der Waals surface area contributed by atoms with Crippen molar-refractivity contribution in [1.29, 1.82) is 0 Å². The number of hydrogen-bond acceptors (Lipinski definition) is 4. The van der Waals surface area contributed by atoms with Crippen LogP contribution in [0.3, 0.4) is 0 Å². The van der Waals surface area contributed by atoms with E-state index in [1.807, 2.05) is 6.07 Å². The fourth-order valence-electron chi connectivity index (χ4n) is 3.23. The van der Waals surface area contributed by atoms with E-state index in [1.54, 1.807) is 25.2 Å². The predicted octanol–water partition coefficient (Wildman–Crippen LogP) is 3.40. The Kier molecular flexibility index (Phi) is 5.60. The average Bonchev–Trinajstić information content (AvgIpc) is 3.03. The second-order valence-electron chi connectivity index (χ2n) is 6.62. The molecular formula is C19H17ClFN3O4. The second kappa shape index (κ2) is 7.93. The van der Waals surface area contributed by atoms with Crippen molar-refractivity contribution in [2.24, 2.45) is 5.92 Å². The highest BCUT2D eigenvalue weighted by atomic mass is 35.5. The number of hydrogen-bond donors (Lipinski definition) is 0. The first-order valence-electron chi connectivity index (χ1n) is 8.50. The molecule has 0 spiro atoms. The first-order valence-corrected chi connectivity index (χ1v) is 8.88. The molecule has 0 bridgehead atoms. The number of carbonyl (C=O) groups is 2. The minimum absolute atomic E-state index is 0.0100. The number of benzene rings is 2. The molecule has 2 aromatic rings. The van der Waals surface area contributed by atoms with E-state index < -0.39 is 22.3 Å². The molecule has 0 aliphatic carbocycles. The zero-order valence-electron chi connectivity index (χ0n) is 15.0. The number of amides is 2. The van der Waals surface area contributed by atoms with Crippen molar-refractivity contribution in [3.63, 3.8) is 0 Å². The molecule has 3 rings (SSSR count). The molecule has 7 nitrogen and oxygen atoms in total. The van der Waals surface area contributed by atoms with Crippen molar-refractivity contribution >= 4 is 34.8 Å².